The monoisotopic (exact) mass is 480 g/mol. The maximum atomic E-state index is 13.4. The normalized spacial score (nSPS) is 16.9. The summed E-state index contributed by atoms with van der Waals surface area (Å²) in [6.07, 6.45) is 1.58. The van der Waals surface area contributed by atoms with Gasteiger partial charge in [0.25, 0.3) is 0 Å². The minimum Gasteiger partial charge on any atom is -0.426 e. The topological polar surface area (TPSA) is 145 Å². The highest BCUT2D eigenvalue weighted by Gasteiger charge is 2.39. The number of nitrogens with one attached hydrogen (secondary N) is 2. The van der Waals surface area contributed by atoms with Crippen LogP contribution >= 0.6 is 0 Å². The van der Waals surface area contributed by atoms with Crippen LogP contribution in [-0.4, -0.2) is 64.4 Å². The van der Waals surface area contributed by atoms with E-state index in [2.05, 4.69) is 10.6 Å². The Morgan fingerprint density at radius 2 is 1.71 bits per heavy atom. The van der Waals surface area contributed by atoms with Crippen LogP contribution < -0.4 is 16.4 Å². The van der Waals surface area contributed by atoms with Crippen molar-refractivity contribution in [3.63, 3.8) is 0 Å². The first kappa shape index (κ1) is 26.4. The van der Waals surface area contributed by atoms with E-state index >= 15 is 0 Å². The molecule has 35 heavy (non-hydrogen) atoms. The predicted molar refractivity (Wildman–Crippen MR) is 133 cm³/mol. The molecule has 1 heterocycles. The third kappa shape index (κ3) is 7.39. The molecule has 0 spiro atoms. The van der Waals surface area contributed by atoms with Crippen LogP contribution in [0.5, 0.6) is 0 Å². The SMILES string of the molecule is CC(=O)N[C@H](Cc1ccccc1)C(=O)N1CCC[C@H]1C(=O)NC(Cc1cccc(CN)c1)B(O)O. The van der Waals surface area contributed by atoms with Gasteiger partial charge >= 0.3 is 7.12 Å². The summed E-state index contributed by atoms with van der Waals surface area (Å²) in [4.78, 5) is 39.8. The van der Waals surface area contributed by atoms with E-state index in [0.29, 0.717) is 32.4 Å². The fourth-order valence-electron chi connectivity index (χ4n) is 4.45. The fourth-order valence-corrected chi connectivity index (χ4v) is 4.45. The highest BCUT2D eigenvalue weighted by Crippen LogP contribution is 2.20. The maximum absolute atomic E-state index is 13.4. The molecule has 3 atom stereocenters. The number of carbonyl (C=O) groups is 3. The van der Waals surface area contributed by atoms with Gasteiger partial charge in [0.05, 0.1) is 5.94 Å². The summed E-state index contributed by atoms with van der Waals surface area (Å²) >= 11 is 0. The molecule has 1 unspecified atom stereocenters. The molecule has 0 aliphatic carbocycles. The van der Waals surface area contributed by atoms with Crippen LogP contribution in [0.3, 0.4) is 0 Å². The van der Waals surface area contributed by atoms with E-state index < -0.39 is 31.1 Å². The molecule has 10 heteroatoms. The van der Waals surface area contributed by atoms with Crippen LogP contribution in [0.1, 0.15) is 36.5 Å². The van der Waals surface area contributed by atoms with E-state index in [1.54, 1.807) is 0 Å². The van der Waals surface area contributed by atoms with E-state index in [1.807, 2.05) is 54.6 Å². The van der Waals surface area contributed by atoms with Crippen LogP contribution in [0.2, 0.25) is 0 Å². The van der Waals surface area contributed by atoms with Crippen molar-refractivity contribution in [2.45, 2.75) is 57.2 Å². The molecule has 186 valence electrons. The molecular weight excluding hydrogens is 447 g/mol. The summed E-state index contributed by atoms with van der Waals surface area (Å²) in [5, 5.41) is 25.2. The lowest BCUT2D eigenvalue weighted by molar-refractivity contribution is -0.141. The molecule has 1 saturated heterocycles. The summed E-state index contributed by atoms with van der Waals surface area (Å²) in [6.45, 7) is 2.09. The van der Waals surface area contributed by atoms with Crippen molar-refractivity contribution in [2.24, 2.45) is 5.73 Å². The molecule has 1 aliphatic heterocycles. The van der Waals surface area contributed by atoms with E-state index in [9.17, 15) is 24.4 Å². The lowest BCUT2D eigenvalue weighted by Crippen LogP contribution is -2.57. The second kappa shape index (κ2) is 12.5. The molecule has 3 amide bonds. The Bertz CT molecular complexity index is 1020. The first-order valence-electron chi connectivity index (χ1n) is 11.8. The molecule has 1 fully saturated rings. The van der Waals surface area contributed by atoms with Crippen LogP contribution in [0.25, 0.3) is 0 Å². The van der Waals surface area contributed by atoms with Crippen molar-refractivity contribution in [1.29, 1.82) is 0 Å². The molecule has 2 aromatic rings. The third-order valence-corrected chi connectivity index (χ3v) is 6.17. The van der Waals surface area contributed by atoms with Gasteiger partial charge in [-0.05, 0) is 36.0 Å². The van der Waals surface area contributed by atoms with Crippen LogP contribution in [0, 0.1) is 0 Å². The number of carbonyl (C=O) groups excluding carboxylic acids is 3. The van der Waals surface area contributed by atoms with Crippen LogP contribution in [0.15, 0.2) is 54.6 Å². The number of hydrogen-bond acceptors (Lipinski definition) is 6. The van der Waals surface area contributed by atoms with Crippen LogP contribution in [0.4, 0.5) is 0 Å². The fraction of sp³-hybridized carbons (Fsp3) is 0.400. The molecule has 0 saturated carbocycles. The molecule has 0 aromatic heterocycles. The van der Waals surface area contributed by atoms with Gasteiger partial charge in [-0.15, -0.1) is 0 Å². The van der Waals surface area contributed by atoms with E-state index in [-0.39, 0.29) is 18.2 Å². The lowest BCUT2D eigenvalue weighted by Gasteiger charge is -2.30. The first-order chi connectivity index (χ1) is 16.8. The Morgan fingerprint density at radius 1 is 1.03 bits per heavy atom. The summed E-state index contributed by atoms with van der Waals surface area (Å²) in [6, 6.07) is 15.2. The largest absolute Gasteiger partial charge is 0.475 e. The summed E-state index contributed by atoms with van der Waals surface area (Å²) in [5.41, 5.74) is 8.28. The Hall–Kier alpha value is -3.21. The van der Waals surface area contributed by atoms with Crippen molar-refractivity contribution >= 4 is 24.8 Å². The van der Waals surface area contributed by atoms with E-state index in [0.717, 1.165) is 16.7 Å². The molecule has 2 aromatic carbocycles. The van der Waals surface area contributed by atoms with Gasteiger partial charge in [-0.2, -0.15) is 0 Å². The van der Waals surface area contributed by atoms with Gasteiger partial charge < -0.3 is 31.3 Å². The average Bonchev–Trinajstić information content (AvgIpc) is 3.33. The number of benzene rings is 2. The second-order valence-corrected chi connectivity index (χ2v) is 8.89. The van der Waals surface area contributed by atoms with Gasteiger partial charge in [0.2, 0.25) is 17.7 Å². The average molecular weight is 480 g/mol. The van der Waals surface area contributed by atoms with Gasteiger partial charge in [-0.1, -0.05) is 54.6 Å². The van der Waals surface area contributed by atoms with Gasteiger partial charge in [0, 0.05) is 26.4 Å². The number of nitrogens with zero attached hydrogens (tertiary/aromatic N) is 1. The van der Waals surface area contributed by atoms with E-state index in [1.165, 1.54) is 11.8 Å². The molecule has 0 radical (unpaired) electrons. The van der Waals surface area contributed by atoms with Crippen molar-refractivity contribution in [2.75, 3.05) is 6.54 Å². The first-order valence-corrected chi connectivity index (χ1v) is 11.8. The zero-order valence-corrected chi connectivity index (χ0v) is 19.9. The Labute approximate surface area is 205 Å². The quantitative estimate of drug-likeness (QED) is 0.301. The summed E-state index contributed by atoms with van der Waals surface area (Å²) in [5.74, 6) is -2.07. The zero-order chi connectivity index (χ0) is 25.4. The number of amides is 3. The molecular formula is C25H33BN4O5. The van der Waals surface area contributed by atoms with Gasteiger partial charge in [0.15, 0.2) is 0 Å². The number of likely N-dealkylation sites (tertiary alicyclic amines) is 1. The second-order valence-electron chi connectivity index (χ2n) is 8.89. The van der Waals surface area contributed by atoms with E-state index in [4.69, 9.17) is 5.73 Å². The smallest absolute Gasteiger partial charge is 0.426 e. The molecule has 0 bridgehead atoms. The van der Waals surface area contributed by atoms with Crippen molar-refractivity contribution in [3.8, 4) is 0 Å². The van der Waals surface area contributed by atoms with Crippen LogP contribution in [-0.2, 0) is 33.8 Å². The Kier molecular flexibility index (Phi) is 9.42. The highest BCUT2D eigenvalue weighted by atomic mass is 16.4. The highest BCUT2D eigenvalue weighted by molar-refractivity contribution is 6.43. The third-order valence-electron chi connectivity index (χ3n) is 6.17. The van der Waals surface area contributed by atoms with Gasteiger partial charge in [0.1, 0.15) is 12.1 Å². The Balaban J connectivity index is 1.71. The molecule has 1 aliphatic rings. The minimum atomic E-state index is -1.78. The summed E-state index contributed by atoms with van der Waals surface area (Å²) in [7, 11) is -1.78. The van der Waals surface area contributed by atoms with Crippen molar-refractivity contribution in [1.82, 2.24) is 15.5 Å². The standard InChI is InChI=1S/C25H33BN4O5/c1-17(31)28-21(14-18-7-3-2-4-8-18)25(33)30-12-6-11-22(30)24(32)29-23(26(34)35)15-19-9-5-10-20(13-19)16-27/h2-5,7-10,13,21-23,34-35H,6,11-12,14-16,27H2,1H3,(H,28,31)(H,29,32)/t21-,22+,23?/m1/s1. The molecule has 9 nitrogen and oxygen atoms in total. The van der Waals surface area contributed by atoms with Gasteiger partial charge in [-0.25, -0.2) is 0 Å². The van der Waals surface area contributed by atoms with Crippen molar-refractivity contribution < 1.29 is 24.4 Å². The van der Waals surface area contributed by atoms with Gasteiger partial charge in [-0.3, -0.25) is 14.4 Å². The molecule has 3 rings (SSSR count). The molecule has 6 N–H and O–H groups in total. The lowest BCUT2D eigenvalue weighted by atomic mass is 9.75. The Morgan fingerprint density at radius 3 is 2.37 bits per heavy atom. The number of rotatable bonds is 10. The summed E-state index contributed by atoms with van der Waals surface area (Å²) < 4.78 is 0. The zero-order valence-electron chi connectivity index (χ0n) is 19.9. The number of nitrogens with two attached hydrogens (primary N) is 1. The maximum Gasteiger partial charge on any atom is 0.475 e. The van der Waals surface area contributed by atoms with Crippen molar-refractivity contribution in [3.05, 3.63) is 71.3 Å². The predicted octanol–water partition coefficient (Wildman–Crippen LogP) is -0.0770. The number of hydrogen-bond donors (Lipinski definition) is 5. The minimum absolute atomic E-state index is 0.195.